The Bertz CT molecular complexity index is 332. The van der Waals surface area contributed by atoms with E-state index in [1.165, 1.54) is 0 Å². The molecule has 1 aliphatic rings. The van der Waals surface area contributed by atoms with E-state index < -0.39 is 5.54 Å². The molecule has 0 radical (unpaired) electrons. The maximum Gasteiger partial charge on any atom is 0.242 e. The van der Waals surface area contributed by atoms with Crippen LogP contribution in [0, 0.1) is 5.92 Å². The molecule has 0 unspecified atom stereocenters. The quantitative estimate of drug-likeness (QED) is 0.817. The van der Waals surface area contributed by atoms with Gasteiger partial charge in [0.05, 0.1) is 5.54 Å². The van der Waals surface area contributed by atoms with Crippen molar-refractivity contribution in [2.45, 2.75) is 40.2 Å². The van der Waals surface area contributed by atoms with Crippen molar-refractivity contribution in [2.75, 3.05) is 32.7 Å². The van der Waals surface area contributed by atoms with E-state index in [0.717, 1.165) is 6.54 Å². The van der Waals surface area contributed by atoms with Gasteiger partial charge in [0.25, 0.3) is 0 Å². The molecule has 1 heterocycles. The molecule has 5 nitrogen and oxygen atoms in total. The average Bonchev–Trinajstić information content (AvgIpc) is 2.37. The standard InChI is InChI=1S/C14H27N3O2/c1-6-15-14(4,5)13(19)17-9-7-16(8-10-17)12(18)11(2)3/h11,15H,6-10H2,1-5H3. The highest BCUT2D eigenvalue weighted by Gasteiger charge is 2.33. The van der Waals surface area contributed by atoms with Crippen molar-refractivity contribution in [1.29, 1.82) is 0 Å². The zero-order valence-corrected chi connectivity index (χ0v) is 12.8. The second-order valence-corrected chi connectivity index (χ2v) is 5.93. The molecule has 0 saturated carbocycles. The van der Waals surface area contributed by atoms with E-state index in [2.05, 4.69) is 5.32 Å². The highest BCUT2D eigenvalue weighted by atomic mass is 16.2. The molecular weight excluding hydrogens is 242 g/mol. The average molecular weight is 269 g/mol. The van der Waals surface area contributed by atoms with Gasteiger partial charge in [-0.3, -0.25) is 9.59 Å². The molecule has 19 heavy (non-hydrogen) atoms. The van der Waals surface area contributed by atoms with Crippen LogP contribution in [-0.2, 0) is 9.59 Å². The minimum Gasteiger partial charge on any atom is -0.339 e. The van der Waals surface area contributed by atoms with Gasteiger partial charge < -0.3 is 15.1 Å². The van der Waals surface area contributed by atoms with Crippen LogP contribution in [0.1, 0.15) is 34.6 Å². The molecule has 1 aliphatic heterocycles. The van der Waals surface area contributed by atoms with Crippen molar-refractivity contribution in [3.63, 3.8) is 0 Å². The van der Waals surface area contributed by atoms with Crippen LogP contribution < -0.4 is 5.32 Å². The minimum atomic E-state index is -0.529. The van der Waals surface area contributed by atoms with E-state index in [-0.39, 0.29) is 17.7 Å². The predicted octanol–water partition coefficient (Wildman–Crippen LogP) is 0.701. The van der Waals surface area contributed by atoms with E-state index in [9.17, 15) is 9.59 Å². The lowest BCUT2D eigenvalue weighted by molar-refractivity contribution is -0.144. The summed E-state index contributed by atoms with van der Waals surface area (Å²) in [5, 5.41) is 3.20. The lowest BCUT2D eigenvalue weighted by atomic mass is 10.0. The second kappa shape index (κ2) is 6.37. The molecule has 0 aromatic carbocycles. The number of likely N-dealkylation sites (N-methyl/N-ethyl adjacent to an activating group) is 1. The van der Waals surface area contributed by atoms with Gasteiger partial charge in [-0.25, -0.2) is 0 Å². The molecule has 0 aromatic rings. The number of nitrogens with zero attached hydrogens (tertiary/aromatic N) is 2. The van der Waals surface area contributed by atoms with E-state index in [1.807, 2.05) is 44.4 Å². The van der Waals surface area contributed by atoms with Gasteiger partial charge in [0, 0.05) is 32.1 Å². The first-order valence-electron chi connectivity index (χ1n) is 7.12. The van der Waals surface area contributed by atoms with Gasteiger partial charge in [-0.2, -0.15) is 0 Å². The lowest BCUT2D eigenvalue weighted by Crippen LogP contribution is -2.59. The molecule has 1 saturated heterocycles. The Morgan fingerprint density at radius 3 is 2.00 bits per heavy atom. The van der Waals surface area contributed by atoms with Gasteiger partial charge in [-0.1, -0.05) is 20.8 Å². The molecule has 0 atom stereocenters. The minimum absolute atomic E-state index is 0.0282. The monoisotopic (exact) mass is 269 g/mol. The Kier molecular flexibility index (Phi) is 5.35. The Balaban J connectivity index is 2.54. The molecule has 0 bridgehead atoms. The van der Waals surface area contributed by atoms with Gasteiger partial charge in [0.2, 0.25) is 11.8 Å². The molecule has 1 N–H and O–H groups in total. The molecule has 1 rings (SSSR count). The van der Waals surface area contributed by atoms with Crippen molar-refractivity contribution in [3.05, 3.63) is 0 Å². The molecule has 1 fully saturated rings. The Labute approximate surface area is 116 Å². The first-order chi connectivity index (χ1) is 8.79. The lowest BCUT2D eigenvalue weighted by Gasteiger charge is -2.39. The molecule has 0 aromatic heterocycles. The number of hydrogen-bond donors (Lipinski definition) is 1. The smallest absolute Gasteiger partial charge is 0.242 e. The number of carbonyl (C=O) groups excluding carboxylic acids is 2. The number of nitrogens with one attached hydrogen (secondary N) is 1. The van der Waals surface area contributed by atoms with E-state index >= 15 is 0 Å². The highest BCUT2D eigenvalue weighted by molar-refractivity contribution is 5.86. The summed E-state index contributed by atoms with van der Waals surface area (Å²) in [6.45, 7) is 12.9. The third-order valence-electron chi connectivity index (χ3n) is 3.53. The van der Waals surface area contributed by atoms with Crippen molar-refractivity contribution in [1.82, 2.24) is 15.1 Å². The van der Waals surface area contributed by atoms with Crippen LogP contribution in [0.25, 0.3) is 0 Å². The molecule has 110 valence electrons. The number of rotatable bonds is 4. The second-order valence-electron chi connectivity index (χ2n) is 5.93. The van der Waals surface area contributed by atoms with Crippen LogP contribution in [0.5, 0.6) is 0 Å². The van der Waals surface area contributed by atoms with Crippen molar-refractivity contribution in [3.8, 4) is 0 Å². The Morgan fingerprint density at radius 2 is 1.58 bits per heavy atom. The topological polar surface area (TPSA) is 52.7 Å². The van der Waals surface area contributed by atoms with Crippen LogP contribution >= 0.6 is 0 Å². The maximum absolute atomic E-state index is 12.4. The first-order valence-corrected chi connectivity index (χ1v) is 7.12. The van der Waals surface area contributed by atoms with Gasteiger partial charge in [-0.15, -0.1) is 0 Å². The van der Waals surface area contributed by atoms with Crippen LogP contribution in [0.15, 0.2) is 0 Å². The summed E-state index contributed by atoms with van der Waals surface area (Å²) in [6.07, 6.45) is 0. The number of piperazine rings is 1. The van der Waals surface area contributed by atoms with Crippen LogP contribution in [0.2, 0.25) is 0 Å². The maximum atomic E-state index is 12.4. The van der Waals surface area contributed by atoms with Gasteiger partial charge in [0.1, 0.15) is 0 Å². The highest BCUT2D eigenvalue weighted by Crippen LogP contribution is 2.12. The number of amides is 2. The van der Waals surface area contributed by atoms with E-state index in [1.54, 1.807) is 0 Å². The fourth-order valence-electron chi connectivity index (χ4n) is 2.41. The van der Waals surface area contributed by atoms with E-state index in [0.29, 0.717) is 26.2 Å². The molecule has 0 spiro atoms. The Morgan fingerprint density at radius 1 is 1.11 bits per heavy atom. The summed E-state index contributed by atoms with van der Waals surface area (Å²) in [4.78, 5) is 28.0. The van der Waals surface area contributed by atoms with Crippen molar-refractivity contribution >= 4 is 11.8 Å². The zero-order valence-electron chi connectivity index (χ0n) is 12.8. The zero-order chi connectivity index (χ0) is 14.6. The Hall–Kier alpha value is -1.10. The number of hydrogen-bond acceptors (Lipinski definition) is 3. The summed E-state index contributed by atoms with van der Waals surface area (Å²) in [5.41, 5.74) is -0.529. The molecular formula is C14H27N3O2. The summed E-state index contributed by atoms with van der Waals surface area (Å²) in [7, 11) is 0. The fourth-order valence-corrected chi connectivity index (χ4v) is 2.41. The normalized spacial score (nSPS) is 16.9. The summed E-state index contributed by atoms with van der Waals surface area (Å²) in [5.74, 6) is 0.324. The SMILES string of the molecule is CCNC(C)(C)C(=O)N1CCN(C(=O)C(C)C)CC1. The van der Waals surface area contributed by atoms with Gasteiger partial charge in [0.15, 0.2) is 0 Å². The van der Waals surface area contributed by atoms with Crippen molar-refractivity contribution in [2.24, 2.45) is 5.92 Å². The van der Waals surface area contributed by atoms with Gasteiger partial charge in [-0.05, 0) is 20.4 Å². The number of carbonyl (C=O) groups is 2. The van der Waals surface area contributed by atoms with Crippen LogP contribution in [-0.4, -0.2) is 59.9 Å². The van der Waals surface area contributed by atoms with E-state index in [4.69, 9.17) is 0 Å². The third kappa shape index (κ3) is 3.93. The molecule has 5 heteroatoms. The summed E-state index contributed by atoms with van der Waals surface area (Å²) < 4.78 is 0. The van der Waals surface area contributed by atoms with Crippen molar-refractivity contribution < 1.29 is 9.59 Å². The summed E-state index contributed by atoms with van der Waals surface area (Å²) >= 11 is 0. The first kappa shape index (κ1) is 16.0. The molecule has 0 aliphatic carbocycles. The van der Waals surface area contributed by atoms with Gasteiger partial charge >= 0.3 is 0 Å². The predicted molar refractivity (Wildman–Crippen MR) is 75.8 cm³/mol. The third-order valence-corrected chi connectivity index (χ3v) is 3.53. The fraction of sp³-hybridized carbons (Fsp3) is 0.857. The van der Waals surface area contributed by atoms with Crippen LogP contribution in [0.4, 0.5) is 0 Å². The summed E-state index contributed by atoms with van der Waals surface area (Å²) in [6, 6.07) is 0. The molecule has 2 amide bonds. The van der Waals surface area contributed by atoms with Crippen LogP contribution in [0.3, 0.4) is 0 Å². The largest absolute Gasteiger partial charge is 0.339 e.